The molecule has 1 heterocycles. The maximum atomic E-state index is 13.3. The predicted octanol–water partition coefficient (Wildman–Crippen LogP) is 3.35. The Morgan fingerprint density at radius 3 is 2.76 bits per heavy atom. The fourth-order valence-corrected chi connectivity index (χ4v) is 2.51. The summed E-state index contributed by atoms with van der Waals surface area (Å²) in [6.45, 7) is 0. The van der Waals surface area contributed by atoms with E-state index in [0.717, 1.165) is 25.7 Å². The zero-order chi connectivity index (χ0) is 12.0. The van der Waals surface area contributed by atoms with E-state index in [4.69, 9.17) is 21.8 Å². The molecule has 0 unspecified atom stereocenters. The summed E-state index contributed by atoms with van der Waals surface area (Å²) in [4.78, 5) is 4.33. The van der Waals surface area contributed by atoms with Crippen LogP contribution in [0.3, 0.4) is 0 Å². The minimum absolute atomic E-state index is 0.0508. The molecule has 17 heavy (non-hydrogen) atoms. The molecule has 90 valence electrons. The lowest BCUT2D eigenvalue weighted by Crippen LogP contribution is -2.33. The minimum Gasteiger partial charge on any atom is -0.439 e. The van der Waals surface area contributed by atoms with E-state index in [2.05, 4.69) is 4.98 Å². The highest BCUT2D eigenvalue weighted by molar-refractivity contribution is 6.31. The van der Waals surface area contributed by atoms with Crippen LogP contribution in [0, 0.1) is 5.82 Å². The van der Waals surface area contributed by atoms with Crippen molar-refractivity contribution in [2.45, 2.75) is 31.2 Å². The van der Waals surface area contributed by atoms with Gasteiger partial charge in [0.25, 0.3) is 0 Å². The second-order valence-electron chi connectivity index (χ2n) is 4.62. The first-order valence-electron chi connectivity index (χ1n) is 5.63. The molecule has 1 aliphatic carbocycles. The molecule has 2 aromatic rings. The Labute approximate surface area is 103 Å². The Hall–Kier alpha value is -1.13. The molecule has 1 aliphatic rings. The van der Waals surface area contributed by atoms with Gasteiger partial charge in [0.2, 0.25) is 5.89 Å². The molecule has 3 rings (SSSR count). The van der Waals surface area contributed by atoms with E-state index < -0.39 is 11.4 Å². The standard InChI is InChI=1S/C12H12ClFN2O/c13-7-5-9-10(6-8(7)14)17-11(16-9)12(15)3-1-2-4-12/h5-6H,1-4,15H2. The quantitative estimate of drug-likeness (QED) is 0.849. The Kier molecular flexibility index (Phi) is 2.38. The van der Waals surface area contributed by atoms with Crippen LogP contribution in [0.1, 0.15) is 31.6 Å². The van der Waals surface area contributed by atoms with Gasteiger partial charge in [-0.25, -0.2) is 9.37 Å². The largest absolute Gasteiger partial charge is 0.439 e. The first-order valence-corrected chi connectivity index (χ1v) is 6.01. The first kappa shape index (κ1) is 11.0. The van der Waals surface area contributed by atoms with Gasteiger partial charge in [-0.1, -0.05) is 24.4 Å². The van der Waals surface area contributed by atoms with Gasteiger partial charge in [-0.05, 0) is 18.9 Å². The summed E-state index contributed by atoms with van der Waals surface area (Å²) in [5, 5.41) is 0.0508. The molecule has 0 spiro atoms. The lowest BCUT2D eigenvalue weighted by molar-refractivity contribution is 0.346. The number of hydrogen-bond donors (Lipinski definition) is 1. The highest BCUT2D eigenvalue weighted by Gasteiger charge is 2.36. The summed E-state index contributed by atoms with van der Waals surface area (Å²) < 4.78 is 18.8. The van der Waals surface area contributed by atoms with Crippen LogP contribution in [0.25, 0.3) is 11.1 Å². The van der Waals surface area contributed by atoms with Gasteiger partial charge in [-0.3, -0.25) is 0 Å². The van der Waals surface area contributed by atoms with Gasteiger partial charge in [-0.15, -0.1) is 0 Å². The zero-order valence-corrected chi connectivity index (χ0v) is 9.93. The third kappa shape index (κ3) is 1.72. The van der Waals surface area contributed by atoms with Crippen LogP contribution in [-0.2, 0) is 5.54 Å². The van der Waals surface area contributed by atoms with E-state index in [9.17, 15) is 4.39 Å². The van der Waals surface area contributed by atoms with Gasteiger partial charge in [0, 0.05) is 6.07 Å². The lowest BCUT2D eigenvalue weighted by atomic mass is 10.00. The average molecular weight is 255 g/mol. The van der Waals surface area contributed by atoms with Gasteiger partial charge in [-0.2, -0.15) is 0 Å². The van der Waals surface area contributed by atoms with Crippen molar-refractivity contribution in [3.63, 3.8) is 0 Å². The second kappa shape index (κ2) is 3.68. The molecule has 1 aromatic carbocycles. The van der Waals surface area contributed by atoms with Crippen molar-refractivity contribution in [2.75, 3.05) is 0 Å². The van der Waals surface area contributed by atoms with E-state index in [1.54, 1.807) is 0 Å². The molecule has 5 heteroatoms. The number of halogens is 2. The smallest absolute Gasteiger partial charge is 0.215 e. The number of nitrogens with two attached hydrogens (primary N) is 1. The van der Waals surface area contributed by atoms with Crippen LogP contribution >= 0.6 is 11.6 Å². The van der Waals surface area contributed by atoms with E-state index in [1.807, 2.05) is 0 Å². The van der Waals surface area contributed by atoms with Crippen molar-refractivity contribution in [1.82, 2.24) is 4.98 Å². The second-order valence-corrected chi connectivity index (χ2v) is 5.02. The third-order valence-electron chi connectivity index (χ3n) is 3.35. The summed E-state index contributed by atoms with van der Waals surface area (Å²) >= 11 is 5.70. The number of oxazole rings is 1. The Morgan fingerprint density at radius 1 is 1.35 bits per heavy atom. The molecule has 2 N–H and O–H groups in total. The molecule has 0 saturated heterocycles. The number of aromatic nitrogens is 1. The molecule has 1 aromatic heterocycles. The number of benzene rings is 1. The summed E-state index contributed by atoms with van der Waals surface area (Å²) in [5.41, 5.74) is 6.70. The molecule has 1 fully saturated rings. The van der Waals surface area contributed by atoms with Gasteiger partial charge in [0.05, 0.1) is 10.6 Å². The summed E-state index contributed by atoms with van der Waals surface area (Å²) in [7, 11) is 0. The Balaban J connectivity index is 2.13. The fourth-order valence-electron chi connectivity index (χ4n) is 2.36. The number of fused-ring (bicyclic) bond motifs is 1. The molecule has 0 radical (unpaired) electrons. The maximum Gasteiger partial charge on any atom is 0.215 e. The predicted molar refractivity (Wildman–Crippen MR) is 63.3 cm³/mol. The molecule has 0 atom stereocenters. The van der Waals surface area contributed by atoms with Crippen molar-refractivity contribution in [3.8, 4) is 0 Å². The highest BCUT2D eigenvalue weighted by Crippen LogP contribution is 2.37. The number of hydrogen-bond acceptors (Lipinski definition) is 3. The summed E-state index contributed by atoms with van der Waals surface area (Å²) in [6.07, 6.45) is 3.86. The van der Waals surface area contributed by atoms with Crippen LogP contribution < -0.4 is 5.73 Å². The average Bonchev–Trinajstić information content (AvgIpc) is 2.87. The molecular formula is C12H12ClFN2O. The van der Waals surface area contributed by atoms with Crippen LogP contribution in [0.4, 0.5) is 4.39 Å². The van der Waals surface area contributed by atoms with E-state index in [-0.39, 0.29) is 5.02 Å². The van der Waals surface area contributed by atoms with E-state index >= 15 is 0 Å². The van der Waals surface area contributed by atoms with Gasteiger partial charge < -0.3 is 10.2 Å². The Morgan fingerprint density at radius 2 is 2.06 bits per heavy atom. The maximum absolute atomic E-state index is 13.3. The van der Waals surface area contributed by atoms with Crippen LogP contribution in [0.15, 0.2) is 16.5 Å². The molecular weight excluding hydrogens is 243 g/mol. The zero-order valence-electron chi connectivity index (χ0n) is 9.17. The van der Waals surface area contributed by atoms with Crippen LogP contribution in [-0.4, -0.2) is 4.98 Å². The Bertz CT molecular complexity index is 536. The summed E-state index contributed by atoms with van der Waals surface area (Å²) in [6, 6.07) is 2.73. The van der Waals surface area contributed by atoms with Gasteiger partial charge in [0.1, 0.15) is 11.3 Å². The molecule has 0 bridgehead atoms. The van der Waals surface area contributed by atoms with Crippen LogP contribution in [0.5, 0.6) is 0 Å². The van der Waals surface area contributed by atoms with Crippen molar-refractivity contribution in [1.29, 1.82) is 0 Å². The van der Waals surface area contributed by atoms with Crippen molar-refractivity contribution >= 4 is 22.7 Å². The topological polar surface area (TPSA) is 52.0 Å². The van der Waals surface area contributed by atoms with Crippen LogP contribution in [0.2, 0.25) is 5.02 Å². The SMILES string of the molecule is NC1(c2nc3cc(Cl)c(F)cc3o2)CCCC1. The normalized spacial score (nSPS) is 19.0. The van der Waals surface area contributed by atoms with Crippen molar-refractivity contribution < 1.29 is 8.81 Å². The first-order chi connectivity index (χ1) is 8.08. The van der Waals surface area contributed by atoms with E-state index in [0.29, 0.717) is 17.0 Å². The van der Waals surface area contributed by atoms with Gasteiger partial charge >= 0.3 is 0 Å². The molecule has 0 aliphatic heterocycles. The van der Waals surface area contributed by atoms with E-state index in [1.165, 1.54) is 12.1 Å². The highest BCUT2D eigenvalue weighted by atomic mass is 35.5. The van der Waals surface area contributed by atoms with Crippen molar-refractivity contribution in [3.05, 3.63) is 28.9 Å². The minimum atomic E-state index is -0.501. The molecule has 3 nitrogen and oxygen atoms in total. The van der Waals surface area contributed by atoms with Gasteiger partial charge in [0.15, 0.2) is 5.58 Å². The lowest BCUT2D eigenvalue weighted by Gasteiger charge is -2.18. The monoisotopic (exact) mass is 254 g/mol. The molecule has 0 amide bonds. The number of nitrogens with zero attached hydrogens (tertiary/aromatic N) is 1. The molecule has 1 saturated carbocycles. The number of rotatable bonds is 1. The fraction of sp³-hybridized carbons (Fsp3) is 0.417. The summed E-state index contributed by atoms with van der Waals surface area (Å²) in [5.74, 6) is -0.00831. The third-order valence-corrected chi connectivity index (χ3v) is 3.64. The van der Waals surface area contributed by atoms with Crippen molar-refractivity contribution in [2.24, 2.45) is 5.73 Å².